The van der Waals surface area contributed by atoms with Crippen molar-refractivity contribution in [3.63, 3.8) is 0 Å². The Hall–Kier alpha value is -0.340. The molecule has 0 aliphatic heterocycles. The van der Waals surface area contributed by atoms with Crippen molar-refractivity contribution < 1.29 is 5.11 Å². The van der Waals surface area contributed by atoms with Crippen molar-refractivity contribution in [2.45, 2.75) is 6.92 Å². The molecule has 0 aliphatic carbocycles. The lowest BCUT2D eigenvalue weighted by Gasteiger charge is -1.98. The number of halogens is 1. The van der Waals surface area contributed by atoms with E-state index in [4.69, 9.17) is 5.11 Å². The maximum Gasteiger partial charge on any atom is 0.0689 e. The summed E-state index contributed by atoms with van der Waals surface area (Å²) in [5, 5.41) is 8.75. The second-order valence-electron chi connectivity index (χ2n) is 1.72. The van der Waals surface area contributed by atoms with Crippen LogP contribution in [0.25, 0.3) is 0 Å². The molecule has 0 unspecified atom stereocenters. The van der Waals surface area contributed by atoms with Gasteiger partial charge in [-0.25, -0.2) is 0 Å². The maximum atomic E-state index is 8.75. The van der Waals surface area contributed by atoms with Gasteiger partial charge in [-0.3, -0.25) is 0 Å². The minimum Gasteiger partial charge on any atom is -0.392 e. The van der Waals surface area contributed by atoms with Gasteiger partial charge in [0.25, 0.3) is 0 Å². The molecule has 0 aliphatic rings. The molecule has 0 spiro atoms. The van der Waals surface area contributed by atoms with E-state index in [0.29, 0.717) is 0 Å². The zero-order chi connectivity index (χ0) is 7.98. The van der Waals surface area contributed by atoms with Crippen molar-refractivity contribution in [3.8, 4) is 0 Å². The highest BCUT2D eigenvalue weighted by atomic mass is 79.9. The molecule has 56 valence electrons. The molecule has 0 saturated carbocycles. The first-order valence-electron chi connectivity index (χ1n) is 3.01. The van der Waals surface area contributed by atoms with Gasteiger partial charge in [0.05, 0.1) is 6.61 Å². The molecule has 0 amide bonds. The van der Waals surface area contributed by atoms with Crippen LogP contribution in [0.2, 0.25) is 0 Å². The lowest BCUT2D eigenvalue weighted by Crippen LogP contribution is -1.88. The zero-order valence-electron chi connectivity index (χ0n) is 5.97. The van der Waals surface area contributed by atoms with Crippen molar-refractivity contribution in [2.75, 3.05) is 6.61 Å². The minimum absolute atomic E-state index is 0.0570. The molecule has 0 aromatic carbocycles. The number of aliphatic hydroxyl groups is 1. The molecule has 0 bridgehead atoms. The molecule has 0 rings (SSSR count). The van der Waals surface area contributed by atoms with Crippen molar-refractivity contribution in [2.24, 2.45) is 0 Å². The van der Waals surface area contributed by atoms with Crippen LogP contribution in [0.3, 0.4) is 0 Å². The maximum absolute atomic E-state index is 8.75. The van der Waals surface area contributed by atoms with E-state index >= 15 is 0 Å². The Morgan fingerprint density at radius 2 is 2.30 bits per heavy atom. The van der Waals surface area contributed by atoms with Crippen LogP contribution < -0.4 is 0 Å². The van der Waals surface area contributed by atoms with Gasteiger partial charge in [-0.1, -0.05) is 34.7 Å². The van der Waals surface area contributed by atoms with Gasteiger partial charge in [-0.2, -0.15) is 0 Å². The van der Waals surface area contributed by atoms with E-state index in [0.717, 1.165) is 10.1 Å². The number of allylic oxidation sites excluding steroid dienone is 3. The van der Waals surface area contributed by atoms with Crippen molar-refractivity contribution in [1.82, 2.24) is 0 Å². The highest BCUT2D eigenvalue weighted by Crippen LogP contribution is 2.15. The number of hydrogen-bond donors (Lipinski definition) is 1. The van der Waals surface area contributed by atoms with Gasteiger partial charge < -0.3 is 5.11 Å². The van der Waals surface area contributed by atoms with Crippen LogP contribution in [0.5, 0.6) is 0 Å². The van der Waals surface area contributed by atoms with E-state index in [1.165, 1.54) is 0 Å². The van der Waals surface area contributed by atoms with Crippen molar-refractivity contribution >= 4 is 15.9 Å². The molecule has 0 radical (unpaired) electrons. The van der Waals surface area contributed by atoms with E-state index in [2.05, 4.69) is 22.5 Å². The van der Waals surface area contributed by atoms with Crippen molar-refractivity contribution in [3.05, 3.63) is 34.9 Å². The van der Waals surface area contributed by atoms with E-state index in [1.807, 2.05) is 13.0 Å². The lowest BCUT2D eigenvalue weighted by molar-refractivity contribution is 0.334. The number of hydrogen-bond acceptors (Lipinski definition) is 1. The second kappa shape index (κ2) is 5.45. The lowest BCUT2D eigenvalue weighted by atomic mass is 10.2. The predicted molar refractivity (Wildman–Crippen MR) is 48.0 cm³/mol. The van der Waals surface area contributed by atoms with Gasteiger partial charge in [0.15, 0.2) is 0 Å². The largest absolute Gasteiger partial charge is 0.392 e. The van der Waals surface area contributed by atoms with Crippen LogP contribution in [0.1, 0.15) is 6.92 Å². The molecule has 0 fully saturated rings. The first kappa shape index (κ1) is 9.66. The Morgan fingerprint density at radius 3 is 2.60 bits per heavy atom. The number of rotatable bonds is 3. The Labute approximate surface area is 69.9 Å². The van der Waals surface area contributed by atoms with Crippen LogP contribution in [-0.4, -0.2) is 11.7 Å². The average Bonchev–Trinajstić information content (AvgIpc) is 1.91. The molecule has 0 atom stereocenters. The zero-order valence-corrected chi connectivity index (χ0v) is 7.56. The first-order chi connectivity index (χ1) is 4.76. The number of aliphatic hydroxyl groups excluding tert-OH is 1. The summed E-state index contributed by atoms with van der Waals surface area (Å²) in [6.45, 7) is 5.47. The van der Waals surface area contributed by atoms with E-state index in [9.17, 15) is 0 Å². The molecular weight excluding hydrogens is 192 g/mol. The van der Waals surface area contributed by atoms with E-state index in [-0.39, 0.29) is 6.61 Å². The highest BCUT2D eigenvalue weighted by Gasteiger charge is 1.95. The van der Waals surface area contributed by atoms with Gasteiger partial charge in [-0.05, 0) is 18.6 Å². The highest BCUT2D eigenvalue weighted by molar-refractivity contribution is 9.12. The van der Waals surface area contributed by atoms with Gasteiger partial charge in [-0.15, -0.1) is 0 Å². The van der Waals surface area contributed by atoms with Crippen LogP contribution in [0, 0.1) is 0 Å². The molecule has 10 heavy (non-hydrogen) atoms. The van der Waals surface area contributed by atoms with Crippen LogP contribution in [-0.2, 0) is 0 Å². The van der Waals surface area contributed by atoms with Gasteiger partial charge in [0.1, 0.15) is 0 Å². The predicted octanol–water partition coefficient (Wildman–Crippen LogP) is 2.39. The standard InChI is InChI=1S/C8H11BrO/c1-3-5-8(9)7(4-2)6-10/h3-5,10H,1,6H2,2H3/b7-4-,8-5+. The van der Waals surface area contributed by atoms with Crippen LogP contribution in [0.15, 0.2) is 34.9 Å². The topological polar surface area (TPSA) is 20.2 Å². The molecule has 0 saturated heterocycles. The average molecular weight is 203 g/mol. The molecule has 0 aromatic rings. The third-order valence-corrected chi connectivity index (χ3v) is 1.86. The Kier molecular flexibility index (Phi) is 5.26. The minimum atomic E-state index is 0.0570. The first-order valence-corrected chi connectivity index (χ1v) is 3.80. The Bertz CT molecular complexity index is 168. The molecule has 0 heterocycles. The fourth-order valence-electron chi connectivity index (χ4n) is 0.515. The fourth-order valence-corrected chi connectivity index (χ4v) is 1.06. The smallest absolute Gasteiger partial charge is 0.0689 e. The van der Waals surface area contributed by atoms with E-state index < -0.39 is 0 Å². The summed E-state index contributed by atoms with van der Waals surface area (Å²) in [7, 11) is 0. The van der Waals surface area contributed by atoms with Crippen LogP contribution in [0.4, 0.5) is 0 Å². The van der Waals surface area contributed by atoms with E-state index in [1.54, 1.807) is 12.2 Å². The molecule has 1 N–H and O–H groups in total. The second-order valence-corrected chi connectivity index (χ2v) is 2.58. The summed E-state index contributed by atoms with van der Waals surface area (Å²) in [5.74, 6) is 0. The molecule has 1 nitrogen and oxygen atoms in total. The van der Waals surface area contributed by atoms with Crippen LogP contribution >= 0.6 is 15.9 Å². The van der Waals surface area contributed by atoms with Gasteiger partial charge >= 0.3 is 0 Å². The molecule has 0 aromatic heterocycles. The monoisotopic (exact) mass is 202 g/mol. The fraction of sp³-hybridized carbons (Fsp3) is 0.250. The summed E-state index contributed by atoms with van der Waals surface area (Å²) in [5.41, 5.74) is 0.875. The summed E-state index contributed by atoms with van der Waals surface area (Å²) < 4.78 is 0.882. The summed E-state index contributed by atoms with van der Waals surface area (Å²) in [6, 6.07) is 0. The quantitative estimate of drug-likeness (QED) is 0.698. The van der Waals surface area contributed by atoms with Crippen molar-refractivity contribution in [1.29, 1.82) is 0 Å². The van der Waals surface area contributed by atoms with Gasteiger partial charge in [0.2, 0.25) is 0 Å². The normalized spacial score (nSPS) is 13.5. The van der Waals surface area contributed by atoms with Gasteiger partial charge in [0, 0.05) is 4.48 Å². The SMILES string of the molecule is C=C/C=C(Br)\C(=C/C)CO. The summed E-state index contributed by atoms with van der Waals surface area (Å²) >= 11 is 3.29. The third-order valence-electron chi connectivity index (χ3n) is 1.09. The molecule has 2 heteroatoms. The Balaban J connectivity index is 4.30. The Morgan fingerprint density at radius 1 is 1.70 bits per heavy atom. The summed E-state index contributed by atoms with van der Waals surface area (Å²) in [4.78, 5) is 0. The third kappa shape index (κ3) is 2.99. The summed E-state index contributed by atoms with van der Waals surface area (Å²) in [6.07, 6.45) is 5.32. The molecular formula is C8H11BrO.